The Morgan fingerprint density at radius 3 is 2.81 bits per heavy atom. The van der Waals surface area contributed by atoms with E-state index in [-0.39, 0.29) is 12.6 Å². The summed E-state index contributed by atoms with van der Waals surface area (Å²) in [6, 6.07) is -0.220. The maximum Gasteiger partial charge on any atom is 0.319 e. The molecule has 4 heteroatoms. The second kappa shape index (κ2) is 4.39. The molecule has 0 aromatic carbocycles. The van der Waals surface area contributed by atoms with Gasteiger partial charge in [0.05, 0.1) is 5.60 Å². The molecule has 0 fully saturated rings. The maximum atomic E-state index is 12.0. The normalized spacial score (nSPS) is 29.1. The number of nitrogens with two attached hydrogens (primary N) is 1. The molecule has 1 unspecified atom stereocenters. The van der Waals surface area contributed by atoms with Crippen molar-refractivity contribution in [1.82, 2.24) is 0 Å². The molecule has 90 valence electrons. The molecular formula is C12H19NO3. The van der Waals surface area contributed by atoms with E-state index >= 15 is 0 Å². The molecule has 2 atom stereocenters. The SMILES string of the molecule is C=CCOC(=O)C1(C(C)(C)O)C=C[C@@H](N)C1. The first kappa shape index (κ1) is 12.9. The Balaban J connectivity index is 2.94. The summed E-state index contributed by atoms with van der Waals surface area (Å²) >= 11 is 0. The second-order valence-corrected chi connectivity index (χ2v) is 4.64. The average Bonchev–Trinajstić information content (AvgIpc) is 2.57. The monoisotopic (exact) mass is 225 g/mol. The Labute approximate surface area is 95.8 Å². The van der Waals surface area contributed by atoms with Crippen LogP contribution in [0.1, 0.15) is 20.3 Å². The molecule has 3 N–H and O–H groups in total. The Hall–Kier alpha value is -1.13. The van der Waals surface area contributed by atoms with Crippen molar-refractivity contribution in [2.24, 2.45) is 11.1 Å². The van der Waals surface area contributed by atoms with E-state index in [9.17, 15) is 9.90 Å². The van der Waals surface area contributed by atoms with E-state index in [2.05, 4.69) is 6.58 Å². The van der Waals surface area contributed by atoms with Gasteiger partial charge in [-0.15, -0.1) is 0 Å². The van der Waals surface area contributed by atoms with Gasteiger partial charge < -0.3 is 15.6 Å². The van der Waals surface area contributed by atoms with Crippen molar-refractivity contribution in [3.63, 3.8) is 0 Å². The highest BCUT2D eigenvalue weighted by atomic mass is 16.5. The van der Waals surface area contributed by atoms with Crippen LogP contribution in [0.3, 0.4) is 0 Å². The largest absolute Gasteiger partial charge is 0.461 e. The summed E-state index contributed by atoms with van der Waals surface area (Å²) in [5.74, 6) is -0.455. The molecule has 1 rings (SSSR count). The Morgan fingerprint density at radius 2 is 2.44 bits per heavy atom. The molecule has 1 aliphatic carbocycles. The smallest absolute Gasteiger partial charge is 0.319 e. The Bertz CT molecular complexity index is 317. The molecule has 0 aliphatic heterocycles. The topological polar surface area (TPSA) is 72.5 Å². The molecule has 0 bridgehead atoms. The summed E-state index contributed by atoms with van der Waals surface area (Å²) in [6.45, 7) is 6.79. The molecular weight excluding hydrogens is 206 g/mol. The first-order chi connectivity index (χ1) is 7.33. The number of rotatable bonds is 4. The number of hydrogen-bond donors (Lipinski definition) is 2. The molecule has 0 saturated carbocycles. The Kier molecular flexibility index (Phi) is 3.55. The van der Waals surface area contributed by atoms with Gasteiger partial charge in [0.15, 0.2) is 0 Å². The average molecular weight is 225 g/mol. The zero-order valence-electron chi connectivity index (χ0n) is 9.77. The van der Waals surface area contributed by atoms with Crippen LogP contribution >= 0.6 is 0 Å². The highest BCUT2D eigenvalue weighted by molar-refractivity contribution is 5.81. The fourth-order valence-electron chi connectivity index (χ4n) is 1.91. The molecule has 1 aliphatic rings. The van der Waals surface area contributed by atoms with E-state index < -0.39 is 17.0 Å². The van der Waals surface area contributed by atoms with E-state index in [4.69, 9.17) is 10.5 Å². The highest BCUT2D eigenvalue weighted by Crippen LogP contribution is 2.42. The summed E-state index contributed by atoms with van der Waals surface area (Å²) in [7, 11) is 0. The van der Waals surface area contributed by atoms with E-state index in [0.717, 1.165) is 0 Å². The minimum atomic E-state index is -1.20. The molecule has 0 aromatic rings. The minimum Gasteiger partial charge on any atom is -0.461 e. The fraction of sp³-hybridized carbons (Fsp3) is 0.583. The van der Waals surface area contributed by atoms with Gasteiger partial charge in [0, 0.05) is 6.04 Å². The quantitative estimate of drug-likeness (QED) is 0.547. The van der Waals surface area contributed by atoms with Gasteiger partial charge in [-0.1, -0.05) is 24.8 Å². The third-order valence-corrected chi connectivity index (χ3v) is 2.97. The van der Waals surface area contributed by atoms with Gasteiger partial charge in [-0.2, -0.15) is 0 Å². The van der Waals surface area contributed by atoms with Gasteiger partial charge in [-0.3, -0.25) is 4.79 Å². The third-order valence-electron chi connectivity index (χ3n) is 2.97. The summed E-state index contributed by atoms with van der Waals surface area (Å²) in [5.41, 5.74) is 3.50. The number of carbonyl (C=O) groups excluding carboxylic acids is 1. The number of ether oxygens (including phenoxy) is 1. The maximum absolute atomic E-state index is 12.0. The fourth-order valence-corrected chi connectivity index (χ4v) is 1.91. The summed E-state index contributed by atoms with van der Waals surface area (Å²) < 4.78 is 5.03. The van der Waals surface area contributed by atoms with Gasteiger partial charge >= 0.3 is 5.97 Å². The first-order valence-electron chi connectivity index (χ1n) is 5.29. The van der Waals surface area contributed by atoms with Crippen LogP contribution in [0.15, 0.2) is 24.8 Å². The van der Waals surface area contributed by atoms with Crippen molar-refractivity contribution < 1.29 is 14.6 Å². The van der Waals surface area contributed by atoms with E-state index in [0.29, 0.717) is 6.42 Å². The number of aliphatic hydroxyl groups is 1. The van der Waals surface area contributed by atoms with Crippen LogP contribution in [0.5, 0.6) is 0 Å². The van der Waals surface area contributed by atoms with E-state index in [1.807, 2.05) is 0 Å². The third kappa shape index (κ3) is 2.18. The summed E-state index contributed by atoms with van der Waals surface area (Å²) in [5, 5.41) is 10.1. The van der Waals surface area contributed by atoms with Crippen molar-refractivity contribution in [2.45, 2.75) is 31.9 Å². The van der Waals surface area contributed by atoms with Gasteiger partial charge in [0.25, 0.3) is 0 Å². The van der Waals surface area contributed by atoms with Gasteiger partial charge in [-0.25, -0.2) is 0 Å². The molecule has 4 nitrogen and oxygen atoms in total. The van der Waals surface area contributed by atoms with Crippen molar-refractivity contribution in [2.75, 3.05) is 6.61 Å². The van der Waals surface area contributed by atoms with Crippen molar-refractivity contribution >= 4 is 5.97 Å². The zero-order valence-corrected chi connectivity index (χ0v) is 9.77. The van der Waals surface area contributed by atoms with Crippen LogP contribution in [-0.2, 0) is 9.53 Å². The minimum absolute atomic E-state index is 0.139. The summed E-state index contributed by atoms with van der Waals surface area (Å²) in [6.07, 6.45) is 5.25. The van der Waals surface area contributed by atoms with Crippen LogP contribution in [0.25, 0.3) is 0 Å². The van der Waals surface area contributed by atoms with E-state index in [1.165, 1.54) is 6.08 Å². The Morgan fingerprint density at radius 1 is 1.81 bits per heavy atom. The molecule has 0 amide bonds. The zero-order chi connectivity index (χ0) is 12.4. The van der Waals surface area contributed by atoms with Crippen LogP contribution in [0, 0.1) is 5.41 Å². The molecule has 0 saturated heterocycles. The van der Waals surface area contributed by atoms with E-state index in [1.54, 1.807) is 26.0 Å². The molecule has 0 heterocycles. The lowest BCUT2D eigenvalue weighted by atomic mass is 9.73. The van der Waals surface area contributed by atoms with Crippen LogP contribution in [-0.4, -0.2) is 29.3 Å². The predicted octanol–water partition coefficient (Wildman–Crippen LogP) is 0.760. The molecule has 0 spiro atoms. The predicted molar refractivity (Wildman–Crippen MR) is 61.6 cm³/mol. The number of carbonyl (C=O) groups is 1. The standard InChI is InChI=1S/C12H19NO3/c1-4-7-16-10(14)12(11(2,3)15)6-5-9(13)8-12/h4-6,9,15H,1,7-8,13H2,2-3H3/t9-,12?/m1/s1. The molecule has 0 aromatic heterocycles. The van der Waals surface area contributed by atoms with Crippen LogP contribution in [0.2, 0.25) is 0 Å². The number of esters is 1. The van der Waals surface area contributed by atoms with Crippen molar-refractivity contribution in [3.05, 3.63) is 24.8 Å². The summed E-state index contributed by atoms with van der Waals surface area (Å²) in [4.78, 5) is 12.0. The lowest BCUT2D eigenvalue weighted by Gasteiger charge is -2.36. The lowest BCUT2D eigenvalue weighted by molar-refractivity contribution is -0.164. The van der Waals surface area contributed by atoms with Gasteiger partial charge in [-0.05, 0) is 20.3 Å². The van der Waals surface area contributed by atoms with Crippen LogP contribution in [0.4, 0.5) is 0 Å². The lowest BCUT2D eigenvalue weighted by Crippen LogP contribution is -2.49. The van der Waals surface area contributed by atoms with Crippen molar-refractivity contribution in [3.8, 4) is 0 Å². The van der Waals surface area contributed by atoms with Gasteiger partial charge in [0.2, 0.25) is 0 Å². The molecule has 0 radical (unpaired) electrons. The van der Waals surface area contributed by atoms with Crippen molar-refractivity contribution in [1.29, 1.82) is 0 Å². The highest BCUT2D eigenvalue weighted by Gasteiger charge is 2.52. The first-order valence-corrected chi connectivity index (χ1v) is 5.29. The second-order valence-electron chi connectivity index (χ2n) is 4.64. The number of hydrogen-bond acceptors (Lipinski definition) is 4. The molecule has 16 heavy (non-hydrogen) atoms. The van der Waals surface area contributed by atoms with Gasteiger partial charge in [0.1, 0.15) is 12.0 Å². The van der Waals surface area contributed by atoms with Crippen LogP contribution < -0.4 is 5.73 Å².